The highest BCUT2D eigenvalue weighted by Crippen LogP contribution is 2.38. The van der Waals surface area contributed by atoms with Crippen molar-refractivity contribution in [1.29, 1.82) is 0 Å². The van der Waals surface area contributed by atoms with E-state index in [4.69, 9.17) is 0 Å². The van der Waals surface area contributed by atoms with E-state index in [1.54, 1.807) is 0 Å². The lowest BCUT2D eigenvalue weighted by atomic mass is 9.81. The molecule has 0 aromatic heterocycles. The quantitative estimate of drug-likeness (QED) is 0.342. The van der Waals surface area contributed by atoms with Crippen LogP contribution >= 0.6 is 0 Å². The molecule has 0 heterocycles. The third kappa shape index (κ3) is 5.75. The first-order valence-corrected chi connectivity index (χ1v) is 13.4. The van der Waals surface area contributed by atoms with Crippen LogP contribution in [0.25, 0.3) is 0 Å². The third-order valence-electron chi connectivity index (χ3n) is 6.40. The summed E-state index contributed by atoms with van der Waals surface area (Å²) in [6.07, 6.45) is 0. The van der Waals surface area contributed by atoms with Crippen LogP contribution in [0.2, 0.25) is 0 Å². The molecule has 0 aliphatic heterocycles. The minimum absolute atomic E-state index is 0.140. The Bertz CT molecular complexity index is 1020. The van der Waals surface area contributed by atoms with Gasteiger partial charge in [-0.2, -0.15) is 0 Å². The number of rotatable bonds is 3. The highest BCUT2D eigenvalue weighted by atomic mass is 32.2. The van der Waals surface area contributed by atoms with Gasteiger partial charge in [0.05, 0.1) is 10.9 Å². The average molecular weight is 460 g/mol. The molecule has 0 unspecified atom stereocenters. The molecule has 3 aromatic carbocycles. The van der Waals surface area contributed by atoms with E-state index in [0.717, 1.165) is 0 Å². The van der Waals surface area contributed by atoms with Crippen molar-refractivity contribution in [3.05, 3.63) is 88.5 Å². The van der Waals surface area contributed by atoms with Gasteiger partial charge in [0.25, 0.3) is 0 Å². The van der Waals surface area contributed by atoms with Gasteiger partial charge >= 0.3 is 0 Å². The van der Waals surface area contributed by atoms with Gasteiger partial charge in [-0.05, 0) is 94.3 Å². The summed E-state index contributed by atoms with van der Waals surface area (Å²) in [6, 6.07) is 23.6. The van der Waals surface area contributed by atoms with Crippen molar-refractivity contribution in [2.24, 2.45) is 0 Å². The van der Waals surface area contributed by atoms with E-state index in [9.17, 15) is 0 Å². The van der Waals surface area contributed by atoms with Gasteiger partial charge in [-0.15, -0.1) is 0 Å². The topological polar surface area (TPSA) is 0 Å². The van der Waals surface area contributed by atoms with Crippen LogP contribution in [0.1, 0.15) is 90.1 Å². The summed E-state index contributed by atoms with van der Waals surface area (Å²) in [6.45, 7) is 25.2. The van der Waals surface area contributed by atoms with Crippen molar-refractivity contribution in [1.82, 2.24) is 0 Å². The minimum Gasteiger partial charge on any atom is -0.0561 e. The van der Waals surface area contributed by atoms with E-state index in [2.05, 4.69) is 137 Å². The molecule has 33 heavy (non-hydrogen) atoms. The van der Waals surface area contributed by atoms with Gasteiger partial charge in [0.2, 0.25) is 0 Å². The predicted octanol–water partition coefficient (Wildman–Crippen LogP) is 9.29. The van der Waals surface area contributed by atoms with Gasteiger partial charge in [-0.1, -0.05) is 86.6 Å². The summed E-state index contributed by atoms with van der Waals surface area (Å²) in [5.41, 5.74) is 7.50. The molecule has 0 spiro atoms. The van der Waals surface area contributed by atoms with Crippen molar-refractivity contribution in [2.45, 2.75) is 107 Å². The van der Waals surface area contributed by atoms with Crippen LogP contribution in [0, 0.1) is 13.8 Å². The van der Waals surface area contributed by atoms with E-state index in [-0.39, 0.29) is 27.1 Å². The van der Waals surface area contributed by atoms with Crippen LogP contribution in [-0.4, -0.2) is 0 Å². The molecule has 0 amide bonds. The van der Waals surface area contributed by atoms with Crippen LogP contribution < -0.4 is 0 Å². The van der Waals surface area contributed by atoms with Gasteiger partial charge in [-0.3, -0.25) is 0 Å². The second-order valence-electron chi connectivity index (χ2n) is 12.5. The van der Waals surface area contributed by atoms with Crippen LogP contribution in [0.4, 0.5) is 0 Å². The van der Waals surface area contributed by atoms with Crippen LogP contribution in [-0.2, 0) is 27.1 Å². The van der Waals surface area contributed by atoms with Crippen molar-refractivity contribution >= 4 is 10.9 Å². The molecule has 0 atom stereocenters. The Hall–Kier alpha value is -1.99. The number of hydrogen-bond donors (Lipinski definition) is 0. The van der Waals surface area contributed by atoms with Crippen molar-refractivity contribution in [3.63, 3.8) is 0 Å². The number of aryl methyl sites for hydroxylation is 2. The van der Waals surface area contributed by atoms with E-state index < -0.39 is 0 Å². The Morgan fingerprint density at radius 2 is 0.788 bits per heavy atom. The molecule has 176 valence electrons. The summed E-state index contributed by atoms with van der Waals surface area (Å²) < 4.78 is 0. The molecule has 0 N–H and O–H groups in total. The highest BCUT2D eigenvalue weighted by Gasteiger charge is 2.32. The van der Waals surface area contributed by atoms with Gasteiger partial charge in [0.15, 0.2) is 14.7 Å². The first-order chi connectivity index (χ1) is 15.1. The fourth-order valence-corrected chi connectivity index (χ4v) is 7.04. The second-order valence-corrected chi connectivity index (χ2v) is 14.6. The summed E-state index contributed by atoms with van der Waals surface area (Å²) in [5, 5.41) is 0. The molecule has 0 nitrogen and oxygen atoms in total. The normalized spacial score (nSPS) is 13.0. The van der Waals surface area contributed by atoms with Crippen LogP contribution in [0.3, 0.4) is 0 Å². The fraction of sp³-hybridized carbons (Fsp3) is 0.438. The molecular weight excluding hydrogens is 416 g/mol. The zero-order chi connectivity index (χ0) is 24.8. The zero-order valence-electron chi connectivity index (χ0n) is 22.7. The molecule has 3 rings (SSSR count). The van der Waals surface area contributed by atoms with E-state index >= 15 is 0 Å². The molecule has 0 aliphatic rings. The molecule has 0 fully saturated rings. The molecule has 3 aromatic rings. The fourth-order valence-electron chi connectivity index (χ4n) is 4.81. The van der Waals surface area contributed by atoms with Gasteiger partial charge < -0.3 is 0 Å². The van der Waals surface area contributed by atoms with E-state index in [1.807, 2.05) is 0 Å². The van der Waals surface area contributed by atoms with E-state index in [1.165, 1.54) is 42.5 Å². The molecule has 0 bridgehead atoms. The molecule has 0 radical (unpaired) electrons. The smallest absolute Gasteiger partial charge is 0.0561 e. The standard InChI is InChI=1S/C32H43S/c1-22-20-28(21-23(2)29(22)32(9,10)11)33(26-16-12-24(13-17-26)30(3,4)5)27-18-14-25(15-19-27)31(6,7)8/h12-21H,1-11H3/q+1. The van der Waals surface area contributed by atoms with Gasteiger partial charge in [0, 0.05) is 0 Å². The maximum atomic E-state index is 2.44. The molecule has 0 aliphatic carbocycles. The monoisotopic (exact) mass is 459 g/mol. The SMILES string of the molecule is Cc1cc([S+](c2ccc(C(C)(C)C)cc2)c2ccc(C(C)(C)C)cc2)cc(C)c1C(C)(C)C. The largest absolute Gasteiger partial charge is 0.167 e. The zero-order valence-corrected chi connectivity index (χ0v) is 23.5. The maximum Gasteiger partial charge on any atom is 0.167 e. The predicted molar refractivity (Wildman–Crippen MR) is 147 cm³/mol. The van der Waals surface area contributed by atoms with Gasteiger partial charge in [-0.25, -0.2) is 0 Å². The first kappa shape index (κ1) is 25.6. The summed E-state index contributed by atoms with van der Waals surface area (Å²) in [7, 11) is -0.140. The van der Waals surface area contributed by atoms with Crippen molar-refractivity contribution in [2.75, 3.05) is 0 Å². The minimum atomic E-state index is -0.140. The Morgan fingerprint density at radius 3 is 1.06 bits per heavy atom. The Morgan fingerprint density at radius 1 is 0.455 bits per heavy atom. The molecule has 0 saturated heterocycles. The Balaban J connectivity index is 2.18. The Kier molecular flexibility index (Phi) is 6.98. The number of benzene rings is 3. The lowest BCUT2D eigenvalue weighted by molar-refractivity contribution is 0.581. The number of hydrogen-bond acceptors (Lipinski definition) is 0. The van der Waals surface area contributed by atoms with Crippen LogP contribution in [0.15, 0.2) is 75.4 Å². The van der Waals surface area contributed by atoms with Crippen molar-refractivity contribution < 1.29 is 0 Å². The van der Waals surface area contributed by atoms with E-state index in [0.29, 0.717) is 0 Å². The molecule has 1 heteroatoms. The molecule has 0 saturated carbocycles. The Labute approximate surface area is 206 Å². The lowest BCUT2D eigenvalue weighted by Crippen LogP contribution is -2.17. The van der Waals surface area contributed by atoms with Gasteiger partial charge in [0.1, 0.15) is 0 Å². The van der Waals surface area contributed by atoms with Crippen LogP contribution in [0.5, 0.6) is 0 Å². The average Bonchev–Trinajstić information content (AvgIpc) is 2.66. The molecular formula is C32H43S+. The highest BCUT2D eigenvalue weighted by molar-refractivity contribution is 7.97. The first-order valence-electron chi connectivity index (χ1n) is 12.2. The maximum absolute atomic E-state index is 2.44. The second kappa shape index (κ2) is 8.99. The summed E-state index contributed by atoms with van der Waals surface area (Å²) in [4.78, 5) is 4.17. The lowest BCUT2D eigenvalue weighted by Gasteiger charge is -2.25. The third-order valence-corrected chi connectivity index (χ3v) is 8.60. The summed E-state index contributed by atoms with van der Waals surface area (Å²) in [5.74, 6) is 0. The summed E-state index contributed by atoms with van der Waals surface area (Å²) >= 11 is 0. The van der Waals surface area contributed by atoms with Crippen molar-refractivity contribution in [3.8, 4) is 0 Å².